The van der Waals surface area contributed by atoms with Crippen molar-refractivity contribution >= 4 is 5.91 Å². The summed E-state index contributed by atoms with van der Waals surface area (Å²) < 4.78 is 7.19. The van der Waals surface area contributed by atoms with E-state index in [0.717, 1.165) is 42.8 Å². The maximum Gasteiger partial charge on any atom is 0.251 e. The number of fused-ring (bicyclic) bond motifs is 1. The number of nitrogens with one attached hydrogen (secondary N) is 1. The van der Waals surface area contributed by atoms with Crippen molar-refractivity contribution in [3.63, 3.8) is 0 Å². The Morgan fingerprint density at radius 3 is 3.00 bits per heavy atom. The highest BCUT2D eigenvalue weighted by molar-refractivity contribution is 5.94. The Hall–Kier alpha value is -3.66. The predicted octanol–water partition coefficient (Wildman–Crippen LogP) is 3.48. The summed E-state index contributed by atoms with van der Waals surface area (Å²) in [7, 11) is 1.58. The minimum atomic E-state index is -0.186. The molecule has 0 unspecified atom stereocenters. The molecule has 7 nitrogen and oxygen atoms in total. The van der Waals surface area contributed by atoms with Crippen molar-refractivity contribution < 1.29 is 9.53 Å². The Kier molecular flexibility index (Phi) is 5.25. The standard InChI is InChI=1S/C22H21N5O2/c1-29-21-12-16(8-9-24-21)19-13-20-18(7-2-3-10-27(20)26-19)25-22(28)17-6-4-5-15(11-17)14-23/h4-6,8-9,11-13,18H,2-3,7,10H2,1H3,(H,25,28)/t18-/m0/s1. The number of hydrogen-bond acceptors (Lipinski definition) is 5. The molecule has 0 aliphatic carbocycles. The van der Waals surface area contributed by atoms with Crippen LogP contribution in [0.4, 0.5) is 0 Å². The summed E-state index contributed by atoms with van der Waals surface area (Å²) in [6.45, 7) is 0.813. The lowest BCUT2D eigenvalue weighted by Gasteiger charge is -2.17. The molecule has 29 heavy (non-hydrogen) atoms. The summed E-state index contributed by atoms with van der Waals surface area (Å²) in [6.07, 6.45) is 4.55. The van der Waals surface area contributed by atoms with E-state index in [4.69, 9.17) is 15.1 Å². The minimum absolute atomic E-state index is 0.138. The zero-order valence-corrected chi connectivity index (χ0v) is 16.1. The summed E-state index contributed by atoms with van der Waals surface area (Å²) >= 11 is 0. The highest BCUT2D eigenvalue weighted by Crippen LogP contribution is 2.29. The Bertz CT molecular complexity index is 1080. The Morgan fingerprint density at radius 2 is 2.17 bits per heavy atom. The molecule has 146 valence electrons. The van der Waals surface area contributed by atoms with Crippen molar-refractivity contribution in [1.29, 1.82) is 5.26 Å². The van der Waals surface area contributed by atoms with Gasteiger partial charge in [0.05, 0.1) is 36.2 Å². The second kappa shape index (κ2) is 8.15. The van der Waals surface area contributed by atoms with Gasteiger partial charge in [-0.25, -0.2) is 4.98 Å². The summed E-state index contributed by atoms with van der Waals surface area (Å²) in [5.74, 6) is 0.349. The molecule has 1 aromatic carbocycles. The van der Waals surface area contributed by atoms with Gasteiger partial charge >= 0.3 is 0 Å². The fourth-order valence-corrected chi connectivity index (χ4v) is 3.59. The van der Waals surface area contributed by atoms with E-state index in [1.165, 1.54) is 0 Å². The van der Waals surface area contributed by atoms with E-state index in [9.17, 15) is 4.79 Å². The number of aryl methyl sites for hydroxylation is 1. The van der Waals surface area contributed by atoms with E-state index in [-0.39, 0.29) is 11.9 Å². The number of ether oxygens (including phenoxy) is 1. The van der Waals surface area contributed by atoms with Crippen LogP contribution in [0.2, 0.25) is 0 Å². The summed E-state index contributed by atoms with van der Waals surface area (Å²) in [5, 5.41) is 17.0. The number of benzene rings is 1. The van der Waals surface area contributed by atoms with E-state index in [0.29, 0.717) is 17.0 Å². The van der Waals surface area contributed by atoms with Crippen molar-refractivity contribution in [3.8, 4) is 23.2 Å². The Labute approximate surface area is 169 Å². The van der Waals surface area contributed by atoms with Crippen molar-refractivity contribution in [2.75, 3.05) is 7.11 Å². The van der Waals surface area contributed by atoms with Crippen LogP contribution in [0.3, 0.4) is 0 Å². The second-order valence-corrected chi connectivity index (χ2v) is 6.98. The molecule has 0 fully saturated rings. The molecule has 1 aliphatic heterocycles. The highest BCUT2D eigenvalue weighted by Gasteiger charge is 2.24. The lowest BCUT2D eigenvalue weighted by atomic mass is 10.0. The first kappa shape index (κ1) is 18.7. The Morgan fingerprint density at radius 1 is 1.28 bits per heavy atom. The van der Waals surface area contributed by atoms with Gasteiger partial charge in [-0.1, -0.05) is 6.07 Å². The molecule has 0 spiro atoms. The molecule has 0 radical (unpaired) electrons. The lowest BCUT2D eigenvalue weighted by molar-refractivity contribution is 0.0933. The number of aromatic nitrogens is 3. The largest absolute Gasteiger partial charge is 0.481 e. The van der Waals surface area contributed by atoms with Crippen molar-refractivity contribution in [2.24, 2.45) is 0 Å². The molecule has 0 bridgehead atoms. The van der Waals surface area contributed by atoms with Gasteiger partial charge in [0.15, 0.2) is 0 Å². The average Bonchev–Trinajstić information content (AvgIpc) is 3.11. The zero-order chi connectivity index (χ0) is 20.2. The third kappa shape index (κ3) is 3.97. The molecule has 1 aliphatic rings. The maximum absolute atomic E-state index is 12.8. The first-order chi connectivity index (χ1) is 14.2. The van der Waals surface area contributed by atoms with E-state index >= 15 is 0 Å². The number of carbonyl (C=O) groups is 1. The van der Waals surface area contributed by atoms with Gasteiger partial charge in [0.25, 0.3) is 5.91 Å². The van der Waals surface area contributed by atoms with Crippen molar-refractivity contribution in [3.05, 3.63) is 65.5 Å². The summed E-state index contributed by atoms with van der Waals surface area (Å²) in [4.78, 5) is 16.9. The summed E-state index contributed by atoms with van der Waals surface area (Å²) in [6, 6.07) is 14.4. The predicted molar refractivity (Wildman–Crippen MR) is 107 cm³/mol. The molecule has 2 aromatic heterocycles. The SMILES string of the molecule is COc1cc(-c2cc3n(n2)CCCC[C@@H]3NC(=O)c2cccc(C#N)c2)ccn1. The molecule has 0 saturated carbocycles. The minimum Gasteiger partial charge on any atom is -0.481 e. The van der Waals surface area contributed by atoms with Crippen molar-refractivity contribution in [1.82, 2.24) is 20.1 Å². The topological polar surface area (TPSA) is 92.8 Å². The molecule has 1 atom stereocenters. The van der Waals surface area contributed by atoms with E-state index in [2.05, 4.69) is 16.4 Å². The molecular weight excluding hydrogens is 366 g/mol. The van der Waals surface area contributed by atoms with Gasteiger partial charge in [0.2, 0.25) is 5.88 Å². The third-order valence-corrected chi connectivity index (χ3v) is 5.08. The van der Waals surface area contributed by atoms with Gasteiger partial charge < -0.3 is 10.1 Å². The van der Waals surface area contributed by atoms with Crippen LogP contribution in [0.5, 0.6) is 5.88 Å². The van der Waals surface area contributed by atoms with Crippen LogP contribution in [-0.4, -0.2) is 27.8 Å². The van der Waals surface area contributed by atoms with Gasteiger partial charge in [-0.2, -0.15) is 10.4 Å². The van der Waals surface area contributed by atoms with E-state index in [1.54, 1.807) is 37.6 Å². The smallest absolute Gasteiger partial charge is 0.251 e. The molecule has 4 rings (SSSR count). The van der Waals surface area contributed by atoms with Crippen molar-refractivity contribution in [2.45, 2.75) is 31.8 Å². The number of carbonyl (C=O) groups excluding carboxylic acids is 1. The number of nitriles is 1. The van der Waals surface area contributed by atoms with Crippen LogP contribution in [0.15, 0.2) is 48.7 Å². The van der Waals surface area contributed by atoms with Gasteiger partial charge in [-0.05, 0) is 49.6 Å². The highest BCUT2D eigenvalue weighted by atomic mass is 16.5. The van der Waals surface area contributed by atoms with Crippen LogP contribution in [0, 0.1) is 11.3 Å². The van der Waals surface area contributed by atoms with Crippen LogP contribution in [-0.2, 0) is 6.54 Å². The third-order valence-electron chi connectivity index (χ3n) is 5.08. The number of rotatable bonds is 4. The molecule has 3 aromatic rings. The van der Waals surface area contributed by atoms with Crippen LogP contribution in [0.25, 0.3) is 11.3 Å². The van der Waals surface area contributed by atoms with E-state index < -0.39 is 0 Å². The molecular formula is C22H21N5O2. The maximum atomic E-state index is 12.8. The fourth-order valence-electron chi connectivity index (χ4n) is 3.59. The molecule has 1 amide bonds. The van der Waals surface area contributed by atoms with Gasteiger partial charge in [-0.15, -0.1) is 0 Å². The first-order valence-corrected chi connectivity index (χ1v) is 9.57. The van der Waals surface area contributed by atoms with Crippen LogP contribution >= 0.6 is 0 Å². The van der Waals surface area contributed by atoms with Crippen LogP contribution in [0.1, 0.15) is 46.9 Å². The van der Waals surface area contributed by atoms with Crippen LogP contribution < -0.4 is 10.1 Å². The molecule has 0 saturated heterocycles. The quantitative estimate of drug-likeness (QED) is 0.740. The average molecular weight is 387 g/mol. The molecule has 7 heteroatoms. The number of amides is 1. The molecule has 3 heterocycles. The zero-order valence-electron chi connectivity index (χ0n) is 16.1. The number of hydrogen-bond donors (Lipinski definition) is 1. The lowest BCUT2D eigenvalue weighted by Crippen LogP contribution is -2.29. The summed E-state index contributed by atoms with van der Waals surface area (Å²) in [5.41, 5.74) is 3.69. The fraction of sp³-hybridized carbons (Fsp3) is 0.273. The Balaban J connectivity index is 1.62. The number of nitrogens with zero attached hydrogens (tertiary/aromatic N) is 4. The molecule has 1 N–H and O–H groups in total. The van der Waals surface area contributed by atoms with Gasteiger partial charge in [0.1, 0.15) is 0 Å². The van der Waals surface area contributed by atoms with Gasteiger partial charge in [-0.3, -0.25) is 9.48 Å². The second-order valence-electron chi connectivity index (χ2n) is 6.98. The number of methoxy groups -OCH3 is 1. The normalized spacial score (nSPS) is 15.7. The van der Waals surface area contributed by atoms with Gasteiger partial charge in [0, 0.05) is 29.9 Å². The monoisotopic (exact) mass is 387 g/mol. The number of pyridine rings is 1. The first-order valence-electron chi connectivity index (χ1n) is 9.57. The van der Waals surface area contributed by atoms with E-state index in [1.807, 2.05) is 22.9 Å².